The highest BCUT2D eigenvalue weighted by atomic mass is 32.2. The second kappa shape index (κ2) is 8.09. The van der Waals surface area contributed by atoms with E-state index in [4.69, 9.17) is 4.74 Å². The summed E-state index contributed by atoms with van der Waals surface area (Å²) in [6, 6.07) is 16.7. The summed E-state index contributed by atoms with van der Waals surface area (Å²) in [5.74, 6) is 0. The molecule has 0 saturated carbocycles. The van der Waals surface area contributed by atoms with Crippen molar-refractivity contribution in [3.63, 3.8) is 0 Å². The lowest BCUT2D eigenvalue weighted by Gasteiger charge is -2.24. The van der Waals surface area contributed by atoms with Gasteiger partial charge >= 0.3 is 6.09 Å². The van der Waals surface area contributed by atoms with E-state index in [0.717, 1.165) is 11.9 Å². The zero-order valence-electron chi connectivity index (χ0n) is 16.3. The van der Waals surface area contributed by atoms with E-state index in [1.807, 2.05) is 32.9 Å². The number of amides is 1. The molecule has 0 aliphatic carbocycles. The molecule has 1 amide bonds. The number of benzene rings is 2. The van der Waals surface area contributed by atoms with Crippen LogP contribution in [0.5, 0.6) is 0 Å². The SMILES string of the molecule is CN(CCc1ccccc1Sc1c[nH]c2ccccc12)C(=O)OC(C)(C)C. The number of aromatic nitrogens is 1. The average molecular weight is 383 g/mol. The Hall–Kier alpha value is -2.40. The van der Waals surface area contributed by atoms with Crippen LogP contribution in [0.2, 0.25) is 0 Å². The van der Waals surface area contributed by atoms with E-state index in [2.05, 4.69) is 47.6 Å². The van der Waals surface area contributed by atoms with Gasteiger partial charge in [0.25, 0.3) is 0 Å². The lowest BCUT2D eigenvalue weighted by molar-refractivity contribution is 0.0300. The molecule has 0 bridgehead atoms. The molecule has 0 fully saturated rings. The zero-order chi connectivity index (χ0) is 19.4. The molecular formula is C22H26N2O2S. The van der Waals surface area contributed by atoms with Gasteiger partial charge < -0.3 is 14.6 Å². The van der Waals surface area contributed by atoms with Crippen molar-refractivity contribution >= 4 is 28.8 Å². The molecule has 0 aliphatic heterocycles. The van der Waals surface area contributed by atoms with Gasteiger partial charge in [-0.3, -0.25) is 0 Å². The molecule has 0 saturated heterocycles. The number of ether oxygens (including phenoxy) is 1. The van der Waals surface area contributed by atoms with Gasteiger partial charge in [-0.2, -0.15) is 0 Å². The first-order valence-corrected chi connectivity index (χ1v) is 9.91. The van der Waals surface area contributed by atoms with Crippen LogP contribution in [0.15, 0.2) is 64.5 Å². The number of nitrogens with one attached hydrogen (secondary N) is 1. The number of aromatic amines is 1. The highest BCUT2D eigenvalue weighted by Gasteiger charge is 2.19. The third-order valence-corrected chi connectivity index (χ3v) is 5.34. The number of hydrogen-bond acceptors (Lipinski definition) is 3. The molecule has 0 radical (unpaired) electrons. The fourth-order valence-corrected chi connectivity index (χ4v) is 3.87. The zero-order valence-corrected chi connectivity index (χ0v) is 17.1. The molecule has 0 aliphatic rings. The Balaban J connectivity index is 1.70. The number of para-hydroxylation sites is 1. The first-order chi connectivity index (χ1) is 12.8. The summed E-state index contributed by atoms with van der Waals surface area (Å²) in [6.07, 6.45) is 2.55. The van der Waals surface area contributed by atoms with Crippen LogP contribution in [0.3, 0.4) is 0 Å². The van der Waals surface area contributed by atoms with Gasteiger partial charge in [0, 0.05) is 40.5 Å². The van der Waals surface area contributed by atoms with Crippen molar-refractivity contribution in [3.05, 3.63) is 60.3 Å². The van der Waals surface area contributed by atoms with E-state index in [-0.39, 0.29) is 6.09 Å². The summed E-state index contributed by atoms with van der Waals surface area (Å²) in [6.45, 7) is 6.25. The number of fused-ring (bicyclic) bond motifs is 1. The van der Waals surface area contributed by atoms with Gasteiger partial charge in [-0.1, -0.05) is 48.2 Å². The van der Waals surface area contributed by atoms with E-state index in [0.29, 0.717) is 6.54 Å². The minimum atomic E-state index is -0.478. The second-order valence-corrected chi connectivity index (χ2v) is 8.64. The third-order valence-electron chi connectivity index (χ3n) is 4.17. The van der Waals surface area contributed by atoms with Crippen molar-refractivity contribution < 1.29 is 9.53 Å². The highest BCUT2D eigenvalue weighted by Crippen LogP contribution is 2.35. The van der Waals surface area contributed by atoms with Gasteiger partial charge in [0.15, 0.2) is 0 Å². The van der Waals surface area contributed by atoms with Crippen LogP contribution in [0, 0.1) is 0 Å². The largest absolute Gasteiger partial charge is 0.444 e. The Bertz CT molecular complexity index is 927. The molecule has 4 nitrogen and oxygen atoms in total. The Morgan fingerprint density at radius 3 is 2.56 bits per heavy atom. The van der Waals surface area contributed by atoms with Crippen molar-refractivity contribution in [2.24, 2.45) is 0 Å². The summed E-state index contributed by atoms with van der Waals surface area (Å²) in [7, 11) is 1.78. The van der Waals surface area contributed by atoms with Gasteiger partial charge in [-0.25, -0.2) is 4.79 Å². The Morgan fingerprint density at radius 1 is 1.07 bits per heavy atom. The lowest BCUT2D eigenvalue weighted by atomic mass is 10.1. The summed E-state index contributed by atoms with van der Waals surface area (Å²) >= 11 is 1.75. The van der Waals surface area contributed by atoms with Crippen molar-refractivity contribution in [1.29, 1.82) is 0 Å². The molecule has 3 aromatic rings. The predicted molar refractivity (Wildman–Crippen MR) is 111 cm³/mol. The number of likely N-dealkylation sites (N-methyl/N-ethyl adjacent to an activating group) is 1. The molecule has 0 unspecified atom stereocenters. The van der Waals surface area contributed by atoms with E-state index >= 15 is 0 Å². The monoisotopic (exact) mass is 382 g/mol. The van der Waals surface area contributed by atoms with Gasteiger partial charge in [0.05, 0.1) is 0 Å². The minimum absolute atomic E-state index is 0.288. The van der Waals surface area contributed by atoms with Crippen molar-refractivity contribution in [2.45, 2.75) is 42.6 Å². The maximum atomic E-state index is 12.2. The molecule has 1 heterocycles. The van der Waals surface area contributed by atoms with Gasteiger partial charge in [0.1, 0.15) is 5.60 Å². The van der Waals surface area contributed by atoms with Crippen LogP contribution in [0.1, 0.15) is 26.3 Å². The van der Waals surface area contributed by atoms with E-state index in [9.17, 15) is 4.79 Å². The normalized spacial score (nSPS) is 11.6. The minimum Gasteiger partial charge on any atom is -0.444 e. The first kappa shape index (κ1) is 19.4. The summed E-state index contributed by atoms with van der Waals surface area (Å²) in [5, 5.41) is 1.23. The first-order valence-electron chi connectivity index (χ1n) is 9.09. The topological polar surface area (TPSA) is 45.3 Å². The fraction of sp³-hybridized carbons (Fsp3) is 0.318. The van der Waals surface area contributed by atoms with Crippen LogP contribution in [-0.2, 0) is 11.2 Å². The lowest BCUT2D eigenvalue weighted by Crippen LogP contribution is -2.35. The molecule has 1 aromatic heterocycles. The maximum Gasteiger partial charge on any atom is 0.410 e. The molecule has 5 heteroatoms. The Kier molecular flexibility index (Phi) is 5.80. The third kappa shape index (κ3) is 5.07. The number of rotatable bonds is 5. The predicted octanol–water partition coefficient (Wildman–Crippen LogP) is 5.73. The number of H-pyrrole nitrogens is 1. The maximum absolute atomic E-state index is 12.2. The molecule has 142 valence electrons. The van der Waals surface area contributed by atoms with Crippen molar-refractivity contribution in [2.75, 3.05) is 13.6 Å². The average Bonchev–Trinajstić information content (AvgIpc) is 3.02. The van der Waals surface area contributed by atoms with Crippen LogP contribution < -0.4 is 0 Å². The van der Waals surface area contributed by atoms with Crippen LogP contribution in [-0.4, -0.2) is 35.2 Å². The van der Waals surface area contributed by atoms with Crippen molar-refractivity contribution in [3.8, 4) is 0 Å². The standard InChI is InChI=1S/C22H26N2O2S/c1-22(2,3)26-21(25)24(4)14-13-16-9-5-8-12-19(16)27-20-15-23-18-11-7-6-10-17(18)20/h5-12,15,23H,13-14H2,1-4H3. The molecule has 3 rings (SSSR count). The van der Waals surface area contributed by atoms with Crippen molar-refractivity contribution in [1.82, 2.24) is 9.88 Å². The number of carbonyl (C=O) groups excluding carboxylic acids is 1. The molecule has 1 N–H and O–H groups in total. The van der Waals surface area contributed by atoms with Gasteiger partial charge in [-0.05, 0) is 44.9 Å². The van der Waals surface area contributed by atoms with E-state index in [1.54, 1.807) is 23.7 Å². The summed E-state index contributed by atoms with van der Waals surface area (Å²) < 4.78 is 5.43. The molecule has 2 aromatic carbocycles. The molecule has 0 spiro atoms. The van der Waals surface area contributed by atoms with Crippen LogP contribution >= 0.6 is 11.8 Å². The summed E-state index contributed by atoms with van der Waals surface area (Å²) in [5.41, 5.74) is 1.89. The molecular weight excluding hydrogens is 356 g/mol. The summed E-state index contributed by atoms with van der Waals surface area (Å²) in [4.78, 5) is 19.5. The number of nitrogens with zero attached hydrogens (tertiary/aromatic N) is 1. The van der Waals surface area contributed by atoms with Crippen LogP contribution in [0.4, 0.5) is 4.79 Å². The smallest absolute Gasteiger partial charge is 0.410 e. The molecule has 0 atom stereocenters. The highest BCUT2D eigenvalue weighted by molar-refractivity contribution is 7.99. The van der Waals surface area contributed by atoms with E-state index < -0.39 is 5.60 Å². The second-order valence-electron chi connectivity index (χ2n) is 7.56. The molecule has 27 heavy (non-hydrogen) atoms. The number of hydrogen-bond donors (Lipinski definition) is 1. The van der Waals surface area contributed by atoms with Crippen LogP contribution in [0.25, 0.3) is 10.9 Å². The fourth-order valence-electron chi connectivity index (χ4n) is 2.78. The van der Waals surface area contributed by atoms with Gasteiger partial charge in [0.2, 0.25) is 0 Å². The van der Waals surface area contributed by atoms with E-state index in [1.165, 1.54) is 20.7 Å². The van der Waals surface area contributed by atoms with Gasteiger partial charge in [-0.15, -0.1) is 0 Å². The quantitative estimate of drug-likeness (QED) is 0.613. The number of carbonyl (C=O) groups is 1. The Morgan fingerprint density at radius 2 is 1.78 bits per heavy atom. The Labute approximate surface area is 164 Å².